The number of pyridine rings is 1. The van der Waals surface area contributed by atoms with Gasteiger partial charge in [-0.15, -0.1) is 0 Å². The third-order valence-corrected chi connectivity index (χ3v) is 4.65. The van der Waals surface area contributed by atoms with Gasteiger partial charge in [-0.3, -0.25) is 14.8 Å². The van der Waals surface area contributed by atoms with E-state index in [1.54, 1.807) is 0 Å². The Morgan fingerprint density at radius 1 is 0.846 bits per heavy atom. The van der Waals surface area contributed by atoms with Crippen molar-refractivity contribution in [3.05, 3.63) is 77.7 Å². The molecule has 1 fully saturated rings. The van der Waals surface area contributed by atoms with E-state index in [0.29, 0.717) is 12.3 Å². The molecule has 0 amide bonds. The molecule has 3 aromatic rings. The predicted molar refractivity (Wildman–Crippen MR) is 98.3 cm³/mol. The van der Waals surface area contributed by atoms with Crippen LogP contribution in [0, 0.1) is 0 Å². The van der Waals surface area contributed by atoms with Gasteiger partial charge in [0.1, 0.15) is 0 Å². The summed E-state index contributed by atoms with van der Waals surface area (Å²) in [4.78, 5) is 13.8. The van der Waals surface area contributed by atoms with Crippen LogP contribution in [-0.4, -0.2) is 51.1 Å². The van der Waals surface area contributed by atoms with E-state index in [2.05, 4.69) is 43.1 Å². The molecular formula is C20H23N5O. The molecule has 1 aliphatic rings. The van der Waals surface area contributed by atoms with Crippen LogP contribution in [0.15, 0.2) is 59.3 Å². The van der Waals surface area contributed by atoms with Crippen molar-refractivity contribution in [1.82, 2.24) is 24.9 Å². The molecule has 6 nitrogen and oxygen atoms in total. The number of nitrogens with zero attached hydrogens (tertiary/aromatic N) is 5. The second-order valence-electron chi connectivity index (χ2n) is 6.64. The van der Waals surface area contributed by atoms with Gasteiger partial charge in [-0.25, -0.2) is 0 Å². The molecule has 0 radical (unpaired) electrons. The molecule has 3 heterocycles. The number of hydrogen-bond acceptors (Lipinski definition) is 6. The van der Waals surface area contributed by atoms with Gasteiger partial charge in [0.25, 0.3) is 0 Å². The van der Waals surface area contributed by atoms with Gasteiger partial charge in [0, 0.05) is 45.3 Å². The molecule has 0 spiro atoms. The van der Waals surface area contributed by atoms with Crippen molar-refractivity contribution in [2.75, 3.05) is 26.2 Å². The molecule has 0 atom stereocenters. The van der Waals surface area contributed by atoms with E-state index in [9.17, 15) is 0 Å². The first-order chi connectivity index (χ1) is 12.8. The molecule has 134 valence electrons. The Labute approximate surface area is 153 Å². The summed E-state index contributed by atoms with van der Waals surface area (Å²) in [7, 11) is 0. The van der Waals surface area contributed by atoms with Crippen molar-refractivity contribution in [1.29, 1.82) is 0 Å². The molecule has 0 bridgehead atoms. The maximum Gasteiger partial charge on any atom is 0.240 e. The van der Waals surface area contributed by atoms with E-state index in [4.69, 9.17) is 4.52 Å². The van der Waals surface area contributed by atoms with Crippen molar-refractivity contribution in [3.63, 3.8) is 0 Å². The first-order valence-electron chi connectivity index (χ1n) is 9.05. The highest BCUT2D eigenvalue weighted by molar-refractivity contribution is 5.18. The Morgan fingerprint density at radius 2 is 1.58 bits per heavy atom. The van der Waals surface area contributed by atoms with Crippen LogP contribution in [0.5, 0.6) is 0 Å². The van der Waals surface area contributed by atoms with E-state index in [1.807, 2.05) is 36.5 Å². The van der Waals surface area contributed by atoms with Gasteiger partial charge in [0.2, 0.25) is 5.89 Å². The summed E-state index contributed by atoms with van der Waals surface area (Å²) in [5, 5.41) is 4.12. The first kappa shape index (κ1) is 16.9. The van der Waals surface area contributed by atoms with Crippen LogP contribution in [0.3, 0.4) is 0 Å². The van der Waals surface area contributed by atoms with Crippen molar-refractivity contribution >= 4 is 0 Å². The highest BCUT2D eigenvalue weighted by Gasteiger charge is 2.19. The third-order valence-electron chi connectivity index (χ3n) is 4.65. The van der Waals surface area contributed by atoms with Gasteiger partial charge in [0.15, 0.2) is 5.82 Å². The molecule has 1 saturated heterocycles. The SMILES string of the molecule is c1ccc(Cc2noc(CN3CCN(Cc4ccccn4)CC3)n2)cc1. The fourth-order valence-corrected chi connectivity index (χ4v) is 3.22. The average molecular weight is 349 g/mol. The lowest BCUT2D eigenvalue weighted by atomic mass is 10.1. The van der Waals surface area contributed by atoms with Gasteiger partial charge in [-0.1, -0.05) is 41.6 Å². The van der Waals surface area contributed by atoms with Crippen LogP contribution in [0.1, 0.15) is 23.0 Å². The van der Waals surface area contributed by atoms with E-state index in [-0.39, 0.29) is 0 Å². The van der Waals surface area contributed by atoms with Gasteiger partial charge >= 0.3 is 0 Å². The van der Waals surface area contributed by atoms with Crippen molar-refractivity contribution in [2.45, 2.75) is 19.5 Å². The molecule has 4 rings (SSSR count). The lowest BCUT2D eigenvalue weighted by molar-refractivity contribution is 0.111. The zero-order chi connectivity index (χ0) is 17.6. The van der Waals surface area contributed by atoms with Crippen LogP contribution >= 0.6 is 0 Å². The highest BCUT2D eigenvalue weighted by Crippen LogP contribution is 2.11. The van der Waals surface area contributed by atoms with E-state index in [0.717, 1.165) is 50.8 Å². The predicted octanol–water partition coefficient (Wildman–Crippen LogP) is 2.37. The molecule has 2 aromatic heterocycles. The first-order valence-corrected chi connectivity index (χ1v) is 9.05. The molecule has 26 heavy (non-hydrogen) atoms. The van der Waals surface area contributed by atoms with Crippen LogP contribution < -0.4 is 0 Å². The number of benzene rings is 1. The molecule has 1 aliphatic heterocycles. The summed E-state index contributed by atoms with van der Waals surface area (Å²) >= 11 is 0. The van der Waals surface area contributed by atoms with Crippen LogP contribution in [0.25, 0.3) is 0 Å². The number of piperazine rings is 1. The summed E-state index contributed by atoms with van der Waals surface area (Å²) < 4.78 is 5.44. The van der Waals surface area contributed by atoms with Gasteiger partial charge in [-0.2, -0.15) is 4.98 Å². The Kier molecular flexibility index (Phi) is 5.33. The minimum Gasteiger partial charge on any atom is -0.338 e. The fraction of sp³-hybridized carbons (Fsp3) is 0.350. The highest BCUT2D eigenvalue weighted by atomic mass is 16.5. The Hall–Kier alpha value is -2.57. The minimum absolute atomic E-state index is 0.703. The molecule has 0 N–H and O–H groups in total. The normalized spacial score (nSPS) is 16.0. The zero-order valence-corrected chi connectivity index (χ0v) is 14.8. The number of rotatable bonds is 6. The summed E-state index contributed by atoms with van der Waals surface area (Å²) in [6, 6.07) is 16.3. The molecule has 1 aromatic carbocycles. The van der Waals surface area contributed by atoms with Crippen LogP contribution in [-0.2, 0) is 19.5 Å². The number of hydrogen-bond donors (Lipinski definition) is 0. The Bertz CT molecular complexity index is 797. The van der Waals surface area contributed by atoms with Crippen LogP contribution in [0.2, 0.25) is 0 Å². The molecule has 0 aliphatic carbocycles. The second kappa shape index (κ2) is 8.21. The van der Waals surface area contributed by atoms with Gasteiger partial charge < -0.3 is 4.52 Å². The van der Waals surface area contributed by atoms with Gasteiger partial charge in [-0.05, 0) is 17.7 Å². The lowest BCUT2D eigenvalue weighted by Crippen LogP contribution is -2.45. The molecule has 0 saturated carbocycles. The summed E-state index contributed by atoms with van der Waals surface area (Å²) in [5.41, 5.74) is 2.33. The van der Waals surface area contributed by atoms with E-state index < -0.39 is 0 Å². The summed E-state index contributed by atoms with van der Waals surface area (Å²) in [6.45, 7) is 5.70. The molecular weight excluding hydrogens is 326 g/mol. The van der Waals surface area contributed by atoms with Gasteiger partial charge in [0.05, 0.1) is 12.2 Å². The second-order valence-corrected chi connectivity index (χ2v) is 6.64. The smallest absolute Gasteiger partial charge is 0.240 e. The maximum atomic E-state index is 5.44. The fourth-order valence-electron chi connectivity index (χ4n) is 3.22. The van der Waals surface area contributed by atoms with Crippen molar-refractivity contribution in [3.8, 4) is 0 Å². The minimum atomic E-state index is 0.703. The largest absolute Gasteiger partial charge is 0.338 e. The monoisotopic (exact) mass is 349 g/mol. The zero-order valence-electron chi connectivity index (χ0n) is 14.8. The van der Waals surface area contributed by atoms with Crippen molar-refractivity contribution < 1.29 is 4.52 Å². The standard InChI is InChI=1S/C20H23N5O/c1-2-6-17(7-3-1)14-19-22-20(26-23-19)16-25-12-10-24(11-13-25)15-18-8-4-5-9-21-18/h1-9H,10-16H2. The Morgan fingerprint density at radius 3 is 2.31 bits per heavy atom. The summed E-state index contributed by atoms with van der Waals surface area (Å²) in [5.74, 6) is 1.45. The lowest BCUT2D eigenvalue weighted by Gasteiger charge is -2.33. The average Bonchev–Trinajstić information content (AvgIpc) is 3.12. The summed E-state index contributed by atoms with van der Waals surface area (Å²) in [6.07, 6.45) is 2.57. The topological polar surface area (TPSA) is 58.3 Å². The Balaban J connectivity index is 1.26. The maximum absolute atomic E-state index is 5.44. The number of aromatic nitrogens is 3. The molecule has 6 heteroatoms. The van der Waals surface area contributed by atoms with E-state index in [1.165, 1.54) is 5.56 Å². The van der Waals surface area contributed by atoms with Crippen molar-refractivity contribution in [2.24, 2.45) is 0 Å². The van der Waals surface area contributed by atoms with Crippen LogP contribution in [0.4, 0.5) is 0 Å². The third kappa shape index (κ3) is 4.53. The van der Waals surface area contributed by atoms with E-state index >= 15 is 0 Å². The molecule has 0 unspecified atom stereocenters. The quantitative estimate of drug-likeness (QED) is 0.681.